The maximum Gasteiger partial charge on any atom is 0.330 e. The molecule has 2 heterocycles. The fourth-order valence-electron chi connectivity index (χ4n) is 2.13. The van der Waals surface area contributed by atoms with Crippen molar-refractivity contribution in [3.8, 4) is 0 Å². The highest BCUT2D eigenvalue weighted by molar-refractivity contribution is 5.47. The van der Waals surface area contributed by atoms with Crippen molar-refractivity contribution in [2.45, 2.75) is 31.7 Å². The molecule has 0 aromatic carbocycles. The Morgan fingerprint density at radius 2 is 2.37 bits per heavy atom. The molecule has 0 spiro atoms. The summed E-state index contributed by atoms with van der Waals surface area (Å²) in [6, 6.07) is -0.369. The molecule has 0 radical (unpaired) electrons. The van der Waals surface area contributed by atoms with Gasteiger partial charge in [0.2, 0.25) is 6.41 Å². The van der Waals surface area contributed by atoms with E-state index in [0.29, 0.717) is 18.4 Å². The summed E-state index contributed by atoms with van der Waals surface area (Å²) in [5.41, 5.74) is -0.639. The number of nitrogens with zero attached hydrogens (tertiary/aromatic N) is 1. The average molecular weight is 269 g/mol. The lowest BCUT2D eigenvalue weighted by Gasteiger charge is -2.15. The standard InChI is InChI=1S/C11H15N3O5/c1-6-3-14(11(18)13-10(6)17)9-2-7(12-5-16)8(4-15)19-9/h3,5,7-9,15H,2,4H2,1H3,(H,12,16)(H,13,17,18)/t7-,8+,9+/m0/s1. The van der Waals surface area contributed by atoms with E-state index in [-0.39, 0.29) is 12.6 Å². The van der Waals surface area contributed by atoms with Crippen molar-refractivity contribution in [1.29, 1.82) is 0 Å². The first-order valence-electron chi connectivity index (χ1n) is 5.85. The van der Waals surface area contributed by atoms with Crippen molar-refractivity contribution >= 4 is 6.41 Å². The zero-order valence-electron chi connectivity index (χ0n) is 10.3. The molecule has 8 heteroatoms. The van der Waals surface area contributed by atoms with Gasteiger partial charge in [-0.05, 0) is 6.92 Å². The fraction of sp³-hybridized carbons (Fsp3) is 0.545. The second-order valence-electron chi connectivity index (χ2n) is 4.42. The molecule has 3 atom stereocenters. The number of H-pyrrole nitrogens is 1. The van der Waals surface area contributed by atoms with Crippen LogP contribution in [-0.4, -0.2) is 39.8 Å². The van der Waals surface area contributed by atoms with E-state index in [1.54, 1.807) is 6.92 Å². The van der Waals surface area contributed by atoms with Gasteiger partial charge in [-0.15, -0.1) is 0 Å². The smallest absolute Gasteiger partial charge is 0.330 e. The number of aryl methyl sites for hydroxylation is 1. The Hall–Kier alpha value is -1.93. The van der Waals surface area contributed by atoms with Crippen molar-refractivity contribution in [3.05, 3.63) is 32.6 Å². The molecular weight excluding hydrogens is 254 g/mol. The van der Waals surface area contributed by atoms with Crippen LogP contribution in [0.15, 0.2) is 15.8 Å². The molecule has 0 aliphatic carbocycles. The van der Waals surface area contributed by atoms with Crippen LogP contribution in [0.2, 0.25) is 0 Å². The van der Waals surface area contributed by atoms with Crippen molar-refractivity contribution in [2.75, 3.05) is 6.61 Å². The van der Waals surface area contributed by atoms with Gasteiger partial charge in [0.1, 0.15) is 12.3 Å². The number of aliphatic hydroxyl groups excluding tert-OH is 1. The number of carbonyl (C=O) groups excluding carboxylic acids is 1. The molecule has 1 saturated heterocycles. The number of hydrogen-bond donors (Lipinski definition) is 3. The molecule has 1 aromatic heterocycles. The summed E-state index contributed by atoms with van der Waals surface area (Å²) in [5, 5.41) is 11.7. The van der Waals surface area contributed by atoms with Gasteiger partial charge in [0.15, 0.2) is 0 Å². The highest BCUT2D eigenvalue weighted by Gasteiger charge is 2.36. The first-order chi connectivity index (χ1) is 9.06. The van der Waals surface area contributed by atoms with E-state index < -0.39 is 23.6 Å². The van der Waals surface area contributed by atoms with E-state index >= 15 is 0 Å². The molecule has 19 heavy (non-hydrogen) atoms. The van der Waals surface area contributed by atoms with E-state index in [4.69, 9.17) is 9.84 Å². The third-order valence-electron chi connectivity index (χ3n) is 3.15. The minimum Gasteiger partial charge on any atom is -0.394 e. The van der Waals surface area contributed by atoms with Crippen LogP contribution in [-0.2, 0) is 9.53 Å². The van der Waals surface area contributed by atoms with E-state index in [1.165, 1.54) is 10.8 Å². The van der Waals surface area contributed by atoms with Crippen LogP contribution < -0.4 is 16.6 Å². The van der Waals surface area contributed by atoms with Crippen molar-refractivity contribution in [3.63, 3.8) is 0 Å². The van der Waals surface area contributed by atoms with Crippen LogP contribution >= 0.6 is 0 Å². The average Bonchev–Trinajstić information content (AvgIpc) is 2.77. The second kappa shape index (κ2) is 5.37. The number of aliphatic hydroxyl groups is 1. The van der Waals surface area contributed by atoms with Crippen molar-refractivity contribution in [1.82, 2.24) is 14.9 Å². The molecule has 104 valence electrons. The number of hydrogen-bond acceptors (Lipinski definition) is 5. The van der Waals surface area contributed by atoms with Gasteiger partial charge >= 0.3 is 5.69 Å². The highest BCUT2D eigenvalue weighted by Crippen LogP contribution is 2.27. The van der Waals surface area contributed by atoms with E-state index in [9.17, 15) is 14.4 Å². The Balaban J connectivity index is 2.29. The summed E-state index contributed by atoms with van der Waals surface area (Å²) in [4.78, 5) is 35.6. The summed E-state index contributed by atoms with van der Waals surface area (Å²) >= 11 is 0. The van der Waals surface area contributed by atoms with E-state index in [2.05, 4.69) is 10.3 Å². The third-order valence-corrected chi connectivity index (χ3v) is 3.15. The van der Waals surface area contributed by atoms with E-state index in [1.807, 2.05) is 0 Å². The van der Waals surface area contributed by atoms with Gasteiger partial charge in [-0.25, -0.2) is 4.79 Å². The molecule has 1 aliphatic heterocycles. The van der Waals surface area contributed by atoms with Crippen molar-refractivity contribution < 1.29 is 14.6 Å². The van der Waals surface area contributed by atoms with Gasteiger partial charge in [-0.1, -0.05) is 0 Å². The number of amides is 1. The first kappa shape index (κ1) is 13.5. The topological polar surface area (TPSA) is 113 Å². The van der Waals surface area contributed by atoms with Crippen LogP contribution in [0.25, 0.3) is 0 Å². The van der Waals surface area contributed by atoms with Crippen LogP contribution in [0.1, 0.15) is 18.2 Å². The van der Waals surface area contributed by atoms with Gasteiger partial charge in [0, 0.05) is 18.2 Å². The molecule has 0 unspecified atom stereocenters. The summed E-state index contributed by atoms with van der Waals surface area (Å²) in [7, 11) is 0. The van der Waals surface area contributed by atoms with Gasteiger partial charge < -0.3 is 15.2 Å². The normalized spacial score (nSPS) is 26.3. The number of nitrogens with one attached hydrogen (secondary N) is 2. The van der Waals surface area contributed by atoms with Crippen LogP contribution in [0.3, 0.4) is 0 Å². The molecule has 1 amide bonds. The lowest BCUT2D eigenvalue weighted by Crippen LogP contribution is -2.37. The third kappa shape index (κ3) is 2.59. The molecule has 1 aliphatic rings. The minimum atomic E-state index is -0.627. The number of carbonyl (C=O) groups is 1. The Morgan fingerprint density at radius 1 is 1.63 bits per heavy atom. The van der Waals surface area contributed by atoms with Crippen molar-refractivity contribution in [2.24, 2.45) is 0 Å². The van der Waals surface area contributed by atoms with Gasteiger partial charge in [0.05, 0.1) is 12.6 Å². The Morgan fingerprint density at radius 3 is 3.00 bits per heavy atom. The predicted octanol–water partition coefficient (Wildman–Crippen LogP) is -1.76. The fourth-order valence-corrected chi connectivity index (χ4v) is 2.13. The van der Waals surface area contributed by atoms with Crippen LogP contribution in [0, 0.1) is 6.92 Å². The number of aromatic amines is 1. The summed E-state index contributed by atoms with van der Waals surface area (Å²) in [6.45, 7) is 1.31. The number of rotatable bonds is 4. The molecule has 0 bridgehead atoms. The molecule has 3 N–H and O–H groups in total. The molecule has 2 rings (SSSR count). The summed E-state index contributed by atoms with van der Waals surface area (Å²) < 4.78 is 6.76. The van der Waals surface area contributed by atoms with Gasteiger partial charge in [-0.3, -0.25) is 19.1 Å². The second-order valence-corrected chi connectivity index (χ2v) is 4.42. The first-order valence-corrected chi connectivity index (χ1v) is 5.85. The molecular formula is C11H15N3O5. The largest absolute Gasteiger partial charge is 0.394 e. The lowest BCUT2D eigenvalue weighted by atomic mass is 10.1. The van der Waals surface area contributed by atoms with E-state index in [0.717, 1.165) is 0 Å². The molecule has 1 fully saturated rings. The Kier molecular flexibility index (Phi) is 3.82. The minimum absolute atomic E-state index is 0.265. The summed E-state index contributed by atoms with van der Waals surface area (Å²) in [5.74, 6) is 0. The zero-order valence-corrected chi connectivity index (χ0v) is 10.3. The Bertz CT molecular complexity index is 578. The monoisotopic (exact) mass is 269 g/mol. The van der Waals surface area contributed by atoms with Gasteiger partial charge in [-0.2, -0.15) is 0 Å². The maximum atomic E-state index is 11.7. The highest BCUT2D eigenvalue weighted by atomic mass is 16.5. The van der Waals surface area contributed by atoms with Crippen LogP contribution in [0.4, 0.5) is 0 Å². The SMILES string of the molecule is Cc1cn([C@H]2C[C@H](NC=O)[C@@H](CO)O2)c(=O)[nH]c1=O. The predicted molar refractivity (Wildman–Crippen MR) is 64.7 cm³/mol. The molecule has 1 aromatic rings. The maximum absolute atomic E-state index is 11.7. The number of ether oxygens (including phenoxy) is 1. The number of aromatic nitrogens is 2. The lowest BCUT2D eigenvalue weighted by molar-refractivity contribution is -0.110. The van der Waals surface area contributed by atoms with Crippen LogP contribution in [0.5, 0.6) is 0 Å². The molecule has 8 nitrogen and oxygen atoms in total. The quantitative estimate of drug-likeness (QED) is 0.560. The Labute approximate surface area is 108 Å². The van der Waals surface area contributed by atoms with Gasteiger partial charge in [0.25, 0.3) is 5.56 Å². The summed E-state index contributed by atoms with van der Waals surface area (Å²) in [6.07, 6.45) is 1.07. The molecule has 0 saturated carbocycles. The zero-order chi connectivity index (χ0) is 14.0.